The van der Waals surface area contributed by atoms with E-state index in [0.29, 0.717) is 12.1 Å². The smallest absolute Gasteiger partial charge is 0.252 e. The summed E-state index contributed by atoms with van der Waals surface area (Å²) in [5.41, 5.74) is 2.71. The van der Waals surface area contributed by atoms with E-state index < -0.39 is 0 Å². The summed E-state index contributed by atoms with van der Waals surface area (Å²) in [6, 6.07) is 11.5. The van der Waals surface area contributed by atoms with Crippen LogP contribution in [0.5, 0.6) is 0 Å². The van der Waals surface area contributed by atoms with Crippen molar-refractivity contribution in [1.82, 2.24) is 19.9 Å². The number of aryl methyl sites for hydroxylation is 1. The average Bonchev–Trinajstić information content (AvgIpc) is 2.95. The minimum absolute atomic E-state index is 0.0846. The van der Waals surface area contributed by atoms with Crippen molar-refractivity contribution in [2.45, 2.75) is 13.0 Å². The lowest BCUT2D eigenvalue weighted by Crippen LogP contribution is -2.25. The number of aromatic nitrogens is 3. The van der Waals surface area contributed by atoms with E-state index in [1.807, 2.05) is 24.5 Å². The molecule has 1 N–H and O–H groups in total. The number of carbonyl (C=O) groups excluding carboxylic acids is 1. The Balaban J connectivity index is 1.52. The highest BCUT2D eigenvalue weighted by Gasteiger charge is 2.04. The normalized spacial score (nSPS) is 10.7. The van der Waals surface area contributed by atoms with E-state index in [1.165, 1.54) is 0 Å². The molecule has 1 aromatic carbocycles. The molecule has 0 atom stereocenters. The lowest BCUT2D eigenvalue weighted by Gasteiger charge is -2.06. The Bertz CT molecular complexity index is 736. The summed E-state index contributed by atoms with van der Waals surface area (Å²) >= 11 is 0. The van der Waals surface area contributed by atoms with Gasteiger partial charge in [-0.1, -0.05) is 12.1 Å². The van der Waals surface area contributed by atoms with Crippen LogP contribution in [-0.2, 0) is 6.54 Å². The maximum Gasteiger partial charge on any atom is 0.252 e. The van der Waals surface area contributed by atoms with Crippen LogP contribution in [0, 0.1) is 0 Å². The first kappa shape index (κ1) is 13.3. The molecular formula is C16H16N4O. The molecule has 5 heteroatoms. The Morgan fingerprint density at radius 3 is 2.95 bits per heavy atom. The van der Waals surface area contributed by atoms with Crippen molar-refractivity contribution < 1.29 is 4.79 Å². The number of benzene rings is 1. The van der Waals surface area contributed by atoms with E-state index in [0.717, 1.165) is 24.0 Å². The van der Waals surface area contributed by atoms with Gasteiger partial charge in [-0.05, 0) is 30.7 Å². The van der Waals surface area contributed by atoms with Gasteiger partial charge < -0.3 is 9.88 Å². The third-order valence-corrected chi connectivity index (χ3v) is 3.31. The van der Waals surface area contributed by atoms with Crippen LogP contribution in [0.1, 0.15) is 16.8 Å². The quantitative estimate of drug-likeness (QED) is 0.729. The van der Waals surface area contributed by atoms with Gasteiger partial charge in [0.1, 0.15) is 0 Å². The van der Waals surface area contributed by atoms with Gasteiger partial charge in [-0.25, -0.2) is 4.98 Å². The summed E-state index contributed by atoms with van der Waals surface area (Å²) in [4.78, 5) is 20.1. The maximum absolute atomic E-state index is 11.8. The van der Waals surface area contributed by atoms with Gasteiger partial charge in [0.05, 0.1) is 22.9 Å². The SMILES string of the molecule is O=C(NCCCn1cnc2ccccc21)c1cccnc1. The molecule has 2 heterocycles. The van der Waals surface area contributed by atoms with Crippen molar-refractivity contribution in [3.63, 3.8) is 0 Å². The average molecular weight is 280 g/mol. The second kappa shape index (κ2) is 6.17. The van der Waals surface area contributed by atoms with Crippen molar-refractivity contribution in [1.29, 1.82) is 0 Å². The van der Waals surface area contributed by atoms with Crippen molar-refractivity contribution >= 4 is 16.9 Å². The van der Waals surface area contributed by atoms with Gasteiger partial charge in [-0.3, -0.25) is 9.78 Å². The second-order valence-electron chi connectivity index (χ2n) is 4.78. The van der Waals surface area contributed by atoms with Crippen LogP contribution in [0.3, 0.4) is 0 Å². The van der Waals surface area contributed by atoms with E-state index in [9.17, 15) is 4.79 Å². The van der Waals surface area contributed by atoms with Crippen LogP contribution in [0.25, 0.3) is 11.0 Å². The lowest BCUT2D eigenvalue weighted by molar-refractivity contribution is 0.0952. The lowest BCUT2D eigenvalue weighted by atomic mass is 10.2. The number of nitrogens with zero attached hydrogens (tertiary/aromatic N) is 3. The highest BCUT2D eigenvalue weighted by atomic mass is 16.1. The first-order valence-corrected chi connectivity index (χ1v) is 6.93. The number of hydrogen-bond acceptors (Lipinski definition) is 3. The van der Waals surface area contributed by atoms with E-state index in [2.05, 4.69) is 25.9 Å². The van der Waals surface area contributed by atoms with E-state index in [1.54, 1.807) is 24.5 Å². The summed E-state index contributed by atoms with van der Waals surface area (Å²) in [7, 11) is 0. The standard InChI is InChI=1S/C16H16N4O/c21-16(13-5-3-8-17-11-13)18-9-4-10-20-12-19-14-6-1-2-7-15(14)20/h1-3,5-8,11-12H,4,9-10H2,(H,18,21). The van der Waals surface area contributed by atoms with Gasteiger partial charge in [0, 0.05) is 25.5 Å². The van der Waals surface area contributed by atoms with Gasteiger partial charge in [0.15, 0.2) is 0 Å². The largest absolute Gasteiger partial charge is 0.352 e. The van der Waals surface area contributed by atoms with E-state index >= 15 is 0 Å². The first-order valence-electron chi connectivity index (χ1n) is 6.93. The number of imidazole rings is 1. The minimum atomic E-state index is -0.0846. The number of para-hydroxylation sites is 2. The molecule has 1 amide bonds. The summed E-state index contributed by atoms with van der Waals surface area (Å²) in [5.74, 6) is -0.0846. The molecule has 0 saturated carbocycles. The number of nitrogens with one attached hydrogen (secondary N) is 1. The van der Waals surface area contributed by atoms with Crippen LogP contribution in [0.2, 0.25) is 0 Å². The molecule has 0 fully saturated rings. The molecule has 0 aliphatic heterocycles. The zero-order valence-electron chi connectivity index (χ0n) is 11.6. The van der Waals surface area contributed by atoms with Crippen LogP contribution in [-0.4, -0.2) is 27.0 Å². The Kier molecular flexibility index (Phi) is 3.91. The fourth-order valence-corrected chi connectivity index (χ4v) is 2.24. The molecule has 21 heavy (non-hydrogen) atoms. The Hall–Kier alpha value is -2.69. The molecule has 3 rings (SSSR count). The highest BCUT2D eigenvalue weighted by Crippen LogP contribution is 2.11. The first-order chi connectivity index (χ1) is 10.3. The number of hydrogen-bond donors (Lipinski definition) is 1. The predicted molar refractivity (Wildman–Crippen MR) is 80.9 cm³/mol. The Labute approximate surface area is 122 Å². The summed E-state index contributed by atoms with van der Waals surface area (Å²) < 4.78 is 2.10. The number of rotatable bonds is 5. The monoisotopic (exact) mass is 280 g/mol. The molecule has 106 valence electrons. The van der Waals surface area contributed by atoms with Crippen LogP contribution < -0.4 is 5.32 Å². The fourth-order valence-electron chi connectivity index (χ4n) is 2.24. The van der Waals surface area contributed by atoms with Gasteiger partial charge in [0.2, 0.25) is 0 Å². The van der Waals surface area contributed by atoms with Crippen molar-refractivity contribution in [2.24, 2.45) is 0 Å². The summed E-state index contributed by atoms with van der Waals surface area (Å²) in [6.45, 7) is 1.45. The Morgan fingerprint density at radius 1 is 1.19 bits per heavy atom. The van der Waals surface area contributed by atoms with Crippen molar-refractivity contribution in [3.8, 4) is 0 Å². The second-order valence-corrected chi connectivity index (χ2v) is 4.78. The molecule has 0 radical (unpaired) electrons. The number of fused-ring (bicyclic) bond motifs is 1. The van der Waals surface area contributed by atoms with Crippen LogP contribution in [0.4, 0.5) is 0 Å². The number of pyridine rings is 1. The van der Waals surface area contributed by atoms with Gasteiger partial charge in [-0.15, -0.1) is 0 Å². The van der Waals surface area contributed by atoms with Crippen LogP contribution >= 0.6 is 0 Å². The summed E-state index contributed by atoms with van der Waals surface area (Å²) in [5, 5.41) is 2.90. The van der Waals surface area contributed by atoms with E-state index in [-0.39, 0.29) is 5.91 Å². The molecular weight excluding hydrogens is 264 g/mol. The maximum atomic E-state index is 11.8. The van der Waals surface area contributed by atoms with Crippen LogP contribution in [0.15, 0.2) is 55.1 Å². The fraction of sp³-hybridized carbons (Fsp3) is 0.188. The molecule has 3 aromatic rings. The zero-order chi connectivity index (χ0) is 14.5. The Morgan fingerprint density at radius 2 is 2.10 bits per heavy atom. The molecule has 5 nitrogen and oxygen atoms in total. The zero-order valence-corrected chi connectivity index (χ0v) is 11.6. The number of amides is 1. The molecule has 0 spiro atoms. The highest BCUT2D eigenvalue weighted by molar-refractivity contribution is 5.93. The summed E-state index contributed by atoms with van der Waals surface area (Å²) in [6.07, 6.45) is 5.92. The van der Waals surface area contributed by atoms with Crippen molar-refractivity contribution in [3.05, 3.63) is 60.7 Å². The number of carbonyl (C=O) groups is 1. The third kappa shape index (κ3) is 3.08. The predicted octanol–water partition coefficient (Wildman–Crippen LogP) is 2.25. The molecule has 0 aliphatic carbocycles. The molecule has 0 bridgehead atoms. The van der Waals surface area contributed by atoms with E-state index in [4.69, 9.17) is 0 Å². The van der Waals surface area contributed by atoms with Gasteiger partial charge >= 0.3 is 0 Å². The van der Waals surface area contributed by atoms with Gasteiger partial charge in [0.25, 0.3) is 5.91 Å². The molecule has 0 aliphatic rings. The third-order valence-electron chi connectivity index (χ3n) is 3.31. The van der Waals surface area contributed by atoms with Gasteiger partial charge in [-0.2, -0.15) is 0 Å². The minimum Gasteiger partial charge on any atom is -0.352 e. The molecule has 0 unspecified atom stereocenters. The molecule has 2 aromatic heterocycles. The van der Waals surface area contributed by atoms with Crippen molar-refractivity contribution in [2.75, 3.05) is 6.54 Å². The topological polar surface area (TPSA) is 59.8 Å². The molecule has 0 saturated heterocycles.